The molecule has 0 saturated carbocycles. The van der Waals surface area contributed by atoms with E-state index in [9.17, 15) is 18.3 Å². The minimum absolute atomic E-state index is 0.0766. The summed E-state index contributed by atoms with van der Waals surface area (Å²) < 4.78 is 39.9. The van der Waals surface area contributed by atoms with Crippen molar-refractivity contribution in [2.75, 3.05) is 32.1 Å². The Morgan fingerprint density at radius 1 is 1.15 bits per heavy atom. The molecule has 0 spiro atoms. The molecule has 1 N–H and O–H groups in total. The number of piperidine rings is 1. The van der Waals surface area contributed by atoms with Gasteiger partial charge in [0.2, 0.25) is 0 Å². The summed E-state index contributed by atoms with van der Waals surface area (Å²) in [5.74, 6) is -0.125. The number of likely N-dealkylation sites (N-methyl/N-ethyl adjacent to an activating group) is 1. The molecule has 2 heterocycles. The van der Waals surface area contributed by atoms with Crippen LogP contribution in [0.4, 0.5) is 19.0 Å². The third-order valence-electron chi connectivity index (χ3n) is 5.17. The number of aliphatic hydroxyl groups is 1. The van der Waals surface area contributed by atoms with Crippen LogP contribution in [0.2, 0.25) is 0 Å². The number of anilines is 1. The summed E-state index contributed by atoms with van der Waals surface area (Å²) in [5.41, 5.74) is -0.469. The zero-order valence-corrected chi connectivity index (χ0v) is 14.7. The molecule has 1 aromatic carbocycles. The predicted molar refractivity (Wildman–Crippen MR) is 93.9 cm³/mol. The molecule has 1 aromatic heterocycles. The minimum atomic E-state index is -4.48. The highest BCUT2D eigenvalue weighted by atomic mass is 19.4. The van der Waals surface area contributed by atoms with E-state index in [4.69, 9.17) is 0 Å². The lowest BCUT2D eigenvalue weighted by Gasteiger charge is -2.50. The molecule has 0 amide bonds. The Hall–Kier alpha value is -2.12. The van der Waals surface area contributed by atoms with Crippen molar-refractivity contribution in [3.63, 3.8) is 0 Å². The number of halogens is 3. The number of alkyl halides is 3. The largest absolute Gasteiger partial charge is 0.419 e. The van der Waals surface area contributed by atoms with Gasteiger partial charge < -0.3 is 10.0 Å². The van der Waals surface area contributed by atoms with Crippen LogP contribution in [-0.2, 0) is 11.7 Å². The van der Waals surface area contributed by atoms with E-state index >= 15 is 0 Å². The van der Waals surface area contributed by atoms with Gasteiger partial charge in [-0.3, -0.25) is 4.90 Å². The van der Waals surface area contributed by atoms with Gasteiger partial charge in [0, 0.05) is 19.3 Å². The zero-order valence-electron chi connectivity index (χ0n) is 14.7. The fourth-order valence-electron chi connectivity index (χ4n) is 3.83. The smallest absolute Gasteiger partial charge is 0.389 e. The Labute approximate surface area is 150 Å². The number of rotatable bonds is 3. The number of benzene rings is 1. The van der Waals surface area contributed by atoms with Crippen molar-refractivity contribution >= 4 is 5.82 Å². The molecule has 140 valence electrons. The number of nitrogens with zero attached hydrogens (tertiary/aromatic N) is 3. The highest BCUT2D eigenvalue weighted by Gasteiger charge is 2.47. The van der Waals surface area contributed by atoms with Gasteiger partial charge in [-0.1, -0.05) is 30.3 Å². The lowest BCUT2D eigenvalue weighted by molar-refractivity contribution is -0.137. The molecule has 3 rings (SSSR count). The summed E-state index contributed by atoms with van der Waals surface area (Å²) in [6, 6.07) is 11.9. The Bertz CT molecular complexity index is 751. The van der Waals surface area contributed by atoms with E-state index in [0.29, 0.717) is 13.0 Å². The maximum absolute atomic E-state index is 13.3. The molecule has 2 aromatic rings. The van der Waals surface area contributed by atoms with Gasteiger partial charge in [0.1, 0.15) is 5.82 Å². The highest BCUT2D eigenvalue weighted by molar-refractivity contribution is 5.50. The fourth-order valence-corrected chi connectivity index (χ4v) is 3.83. The molecule has 0 bridgehead atoms. The van der Waals surface area contributed by atoms with Crippen LogP contribution >= 0.6 is 0 Å². The number of β-amino-alcohol motifs (C(OH)–C–C–N with tert-alkyl or cyclic N) is 1. The van der Waals surface area contributed by atoms with Crippen molar-refractivity contribution in [2.24, 2.45) is 0 Å². The predicted octanol–water partition coefficient (Wildman–Crippen LogP) is 3.13. The maximum Gasteiger partial charge on any atom is 0.419 e. The summed E-state index contributed by atoms with van der Waals surface area (Å²) in [7, 11) is 3.77. The summed E-state index contributed by atoms with van der Waals surface area (Å²) in [4.78, 5) is 7.43. The second kappa shape index (κ2) is 6.89. The number of pyridine rings is 1. The van der Waals surface area contributed by atoms with Crippen LogP contribution in [0.15, 0.2) is 48.7 Å². The Morgan fingerprint density at radius 3 is 2.42 bits per heavy atom. The summed E-state index contributed by atoms with van der Waals surface area (Å²) in [5, 5.41) is 11.0. The molecule has 26 heavy (non-hydrogen) atoms. The van der Waals surface area contributed by atoms with Crippen LogP contribution in [0.25, 0.3) is 0 Å². The van der Waals surface area contributed by atoms with Gasteiger partial charge in [-0.2, -0.15) is 13.2 Å². The molecule has 1 aliphatic heterocycles. The average Bonchev–Trinajstić information content (AvgIpc) is 2.61. The SMILES string of the molecule is CN(C)[C@]1(c2ccccc2)CCN(c2ncccc2C(F)(F)F)C[C@H]1O. The van der Waals surface area contributed by atoms with Crippen molar-refractivity contribution in [3.05, 3.63) is 59.8 Å². The van der Waals surface area contributed by atoms with Crippen LogP contribution in [0.5, 0.6) is 0 Å². The van der Waals surface area contributed by atoms with Crippen LogP contribution in [-0.4, -0.2) is 48.3 Å². The molecule has 1 fully saturated rings. The Morgan fingerprint density at radius 2 is 1.85 bits per heavy atom. The van der Waals surface area contributed by atoms with Crippen molar-refractivity contribution in [1.29, 1.82) is 0 Å². The second-order valence-corrected chi connectivity index (χ2v) is 6.77. The van der Waals surface area contributed by atoms with Crippen molar-refractivity contribution in [2.45, 2.75) is 24.2 Å². The first kappa shape index (κ1) is 18.7. The van der Waals surface area contributed by atoms with Gasteiger partial charge in [-0.05, 0) is 38.2 Å². The van der Waals surface area contributed by atoms with Crippen molar-refractivity contribution < 1.29 is 18.3 Å². The summed E-state index contributed by atoms with van der Waals surface area (Å²) >= 11 is 0. The van der Waals surface area contributed by atoms with E-state index in [-0.39, 0.29) is 12.4 Å². The summed E-state index contributed by atoms with van der Waals surface area (Å²) in [6.07, 6.45) is -3.51. The van der Waals surface area contributed by atoms with E-state index in [1.807, 2.05) is 49.3 Å². The molecule has 1 aliphatic rings. The average molecular weight is 365 g/mol. The molecule has 0 radical (unpaired) electrons. The zero-order chi connectivity index (χ0) is 18.9. The van der Waals surface area contributed by atoms with Gasteiger partial charge in [-0.15, -0.1) is 0 Å². The van der Waals surface area contributed by atoms with E-state index in [2.05, 4.69) is 4.98 Å². The van der Waals surface area contributed by atoms with Crippen LogP contribution in [0.1, 0.15) is 17.5 Å². The number of aliphatic hydroxyl groups excluding tert-OH is 1. The third-order valence-corrected chi connectivity index (χ3v) is 5.17. The van der Waals surface area contributed by atoms with Crippen molar-refractivity contribution in [3.8, 4) is 0 Å². The normalized spacial score (nSPS) is 24.1. The molecule has 1 saturated heterocycles. The number of aromatic nitrogens is 1. The number of hydrogen-bond donors (Lipinski definition) is 1. The first-order valence-electron chi connectivity index (χ1n) is 8.45. The summed E-state index contributed by atoms with van der Waals surface area (Å²) in [6.45, 7) is 0.442. The fraction of sp³-hybridized carbons (Fsp3) is 0.421. The molecule has 7 heteroatoms. The molecular weight excluding hydrogens is 343 g/mol. The highest BCUT2D eigenvalue weighted by Crippen LogP contribution is 2.41. The quantitative estimate of drug-likeness (QED) is 0.907. The maximum atomic E-state index is 13.3. The second-order valence-electron chi connectivity index (χ2n) is 6.77. The minimum Gasteiger partial charge on any atom is -0.389 e. The molecular formula is C19H22F3N3O. The third kappa shape index (κ3) is 3.17. The van der Waals surface area contributed by atoms with E-state index in [1.54, 1.807) is 0 Å². The van der Waals surface area contributed by atoms with Gasteiger partial charge in [0.05, 0.1) is 17.2 Å². The van der Waals surface area contributed by atoms with Crippen LogP contribution in [0.3, 0.4) is 0 Å². The lowest BCUT2D eigenvalue weighted by Crippen LogP contribution is -2.60. The van der Waals surface area contributed by atoms with E-state index in [0.717, 1.165) is 11.6 Å². The van der Waals surface area contributed by atoms with Crippen LogP contribution < -0.4 is 4.90 Å². The molecule has 0 unspecified atom stereocenters. The van der Waals surface area contributed by atoms with Crippen molar-refractivity contribution in [1.82, 2.24) is 9.88 Å². The van der Waals surface area contributed by atoms with E-state index in [1.165, 1.54) is 17.2 Å². The Kier molecular flexibility index (Phi) is 4.94. The monoisotopic (exact) mass is 365 g/mol. The van der Waals surface area contributed by atoms with Crippen LogP contribution in [0, 0.1) is 0 Å². The molecule has 4 nitrogen and oxygen atoms in total. The standard InChI is InChI=1S/C19H22F3N3O/c1-24(2)18(14-7-4-3-5-8-14)10-12-25(13-16(18)26)17-15(19(20,21)22)9-6-11-23-17/h3-9,11,16,26H,10,12-13H2,1-2H3/t16-,18+/m1/s1. The molecule has 0 aliphatic carbocycles. The number of hydrogen-bond acceptors (Lipinski definition) is 4. The topological polar surface area (TPSA) is 39.6 Å². The first-order valence-corrected chi connectivity index (χ1v) is 8.45. The van der Waals surface area contributed by atoms with Gasteiger partial charge in [0.25, 0.3) is 0 Å². The Balaban J connectivity index is 1.94. The van der Waals surface area contributed by atoms with E-state index < -0.39 is 23.4 Å². The van der Waals surface area contributed by atoms with Gasteiger partial charge in [0.15, 0.2) is 0 Å². The van der Waals surface area contributed by atoms with Gasteiger partial charge in [-0.25, -0.2) is 4.98 Å². The lowest BCUT2D eigenvalue weighted by atomic mass is 9.77. The van der Waals surface area contributed by atoms with Gasteiger partial charge >= 0.3 is 6.18 Å². The molecule has 2 atom stereocenters. The first-order chi connectivity index (χ1) is 12.3.